The highest BCUT2D eigenvalue weighted by atomic mass is 35.5. The zero-order valence-corrected chi connectivity index (χ0v) is 69.6. The van der Waals surface area contributed by atoms with Crippen molar-refractivity contribution in [3.8, 4) is 34.5 Å². The lowest BCUT2D eigenvalue weighted by atomic mass is 10.1. The minimum Gasteiger partial charge on any atom is -0.480 e. The zero-order chi connectivity index (χ0) is 85.7. The zero-order valence-electron chi connectivity index (χ0n) is 67.3. The Bertz CT molecular complexity index is 5430. The van der Waals surface area contributed by atoms with Crippen LogP contribution in [0.15, 0.2) is 90.1 Å². The first kappa shape index (κ1) is 86.3. The number of aromatic nitrogens is 7. The number of aromatic amines is 3. The molecule has 9 aromatic rings. The van der Waals surface area contributed by atoms with Crippen LogP contribution in [0.25, 0.3) is 44.8 Å². The van der Waals surface area contributed by atoms with Crippen LogP contribution in [0.1, 0.15) is 172 Å². The van der Waals surface area contributed by atoms with E-state index in [0.29, 0.717) is 132 Å². The van der Waals surface area contributed by atoms with Gasteiger partial charge in [0.25, 0.3) is 58.5 Å². The van der Waals surface area contributed by atoms with Gasteiger partial charge in [0.1, 0.15) is 22.9 Å². The molecule has 4 aromatic carbocycles. The number of H-pyrrole nitrogens is 3. The third-order valence-corrected chi connectivity index (χ3v) is 23.3. The van der Waals surface area contributed by atoms with Crippen molar-refractivity contribution in [3.05, 3.63) is 171 Å². The molecule has 8 amide bonds. The van der Waals surface area contributed by atoms with E-state index in [1.165, 1.54) is 122 Å². The van der Waals surface area contributed by atoms with Crippen LogP contribution < -0.4 is 32.2 Å². The average molecular weight is 1700 g/mol. The Balaban J connectivity index is 0.000000134. The Morgan fingerprint density at radius 3 is 1.10 bits per heavy atom. The fourth-order valence-corrected chi connectivity index (χ4v) is 17.3. The molecule has 4 unspecified atom stereocenters. The van der Waals surface area contributed by atoms with E-state index in [9.17, 15) is 58.1 Å². The van der Waals surface area contributed by atoms with Crippen LogP contribution in [0.2, 0.25) is 15.1 Å². The quantitative estimate of drug-likeness (QED) is 0.0121. The number of likely N-dealkylation sites (tertiary alicyclic amines) is 4. The number of hydrogen-bond donors (Lipinski definition) is 6. The summed E-state index contributed by atoms with van der Waals surface area (Å²) < 4.78 is 10.1. The summed E-state index contributed by atoms with van der Waals surface area (Å²) in [7, 11) is 2.95. The number of anilines is 3. The molecule has 0 spiro atoms. The molecule has 0 radical (unpaired) electrons. The maximum atomic E-state index is 13.1. The largest absolute Gasteiger partial charge is 0.480 e. The van der Waals surface area contributed by atoms with Crippen molar-refractivity contribution in [3.63, 3.8) is 0 Å². The Morgan fingerprint density at radius 1 is 0.442 bits per heavy atom. The lowest BCUT2D eigenvalue weighted by Crippen LogP contribution is -2.37. The Hall–Kier alpha value is -11.6. The first-order valence-electron chi connectivity index (χ1n) is 39.9. The summed E-state index contributed by atoms with van der Waals surface area (Å²) in [6.45, 7) is 22.0. The van der Waals surface area contributed by atoms with Gasteiger partial charge in [-0.3, -0.25) is 77.7 Å². The van der Waals surface area contributed by atoms with Gasteiger partial charge in [0, 0.05) is 77.0 Å². The van der Waals surface area contributed by atoms with Crippen molar-refractivity contribution < 1.29 is 57.5 Å². The fourth-order valence-electron chi connectivity index (χ4n) is 16.6. The monoisotopic (exact) mass is 1700 g/mol. The summed E-state index contributed by atoms with van der Waals surface area (Å²) in [5.41, 5.74) is 22.7. The van der Waals surface area contributed by atoms with Crippen molar-refractivity contribution in [2.24, 2.45) is 23.7 Å². The highest BCUT2D eigenvalue weighted by Crippen LogP contribution is 2.39. The first-order valence-corrected chi connectivity index (χ1v) is 41.0. The number of hydrogen-bond acceptors (Lipinski definition) is 25. The number of nitro groups is 1. The van der Waals surface area contributed by atoms with Crippen molar-refractivity contribution >= 4 is 133 Å². The number of methoxy groups -OCH3 is 2. The van der Waals surface area contributed by atoms with Crippen LogP contribution in [-0.4, -0.2) is 251 Å². The first-order chi connectivity index (χ1) is 57.5. The molecule has 630 valence electrons. The average Bonchev–Trinajstić information content (AvgIpc) is 1.50. The number of carbonyl (C=O) groups excluding carboxylic acids is 9. The number of nitrogens with two attached hydrogens (primary N) is 3. The van der Waals surface area contributed by atoms with Crippen molar-refractivity contribution in [2.45, 2.75) is 79.1 Å². The van der Waals surface area contributed by atoms with Crippen LogP contribution in [0.4, 0.5) is 22.7 Å². The molecule has 0 saturated carbocycles. The standard InChI is InChI=1S/C23H24ClN5O3.C22H22ClN5O3.C16H20N4O4.C16H22N4O2.C7H6ClNO2/c1-13(11-28-7-3-4-8-28)12-29-22(30)14-9-17-18(10-15(14)23(29)31)27-20(26-17)19-16(24)5-6-25-21(19)32-2;1-12(10-27-6-2-3-7-27)11-28-21(30)13-8-16-17(9-14(13)22(28)31)26-19(25-16)18-15(23)4-5-24-20(18)29;1-10(8-18-4-2-3-5-18)9-19-15(21)11-6-13(17)14(20(23)24)7-12(11)16(19)22;1-10(8-19-4-2-3-5-19)9-20-15(21)11-6-13(17)14(18)7-12(11)16(20)22;1-11-7-5(4-10)6(8)2-3-9-7/h5-6,9-10,13H,3-4,7-8,11-12H2,1-2H3,(H,26,27);4-5,8-9,12H,2-3,6-7,10-11H2,1H3,(H,24,29)(H,25,26);6-7,10H,2-5,8-9,17H2,1H3;6-7,10H,2-5,8-9,17-18H2,1H3;2-4H,1H3. The molecular weight excluding hydrogens is 1610 g/mol. The van der Waals surface area contributed by atoms with E-state index in [1.54, 1.807) is 42.6 Å². The van der Waals surface area contributed by atoms with Gasteiger partial charge in [0.05, 0.1) is 123 Å². The van der Waals surface area contributed by atoms with Gasteiger partial charge in [0.15, 0.2) is 6.29 Å². The number of amides is 8. The van der Waals surface area contributed by atoms with E-state index in [0.717, 1.165) is 84.6 Å². The van der Waals surface area contributed by atoms with Crippen molar-refractivity contribution in [1.82, 2.24) is 74.1 Å². The lowest BCUT2D eigenvalue weighted by Gasteiger charge is -2.23. The Morgan fingerprint density at radius 2 is 0.758 bits per heavy atom. The molecule has 4 atom stereocenters. The number of pyridine rings is 3. The summed E-state index contributed by atoms with van der Waals surface area (Å²) >= 11 is 18.2. The van der Waals surface area contributed by atoms with E-state index in [2.05, 4.69) is 75.3 Å². The number of nitrogen functional groups attached to an aromatic ring is 3. The minimum atomic E-state index is -0.647. The second-order valence-electron chi connectivity index (χ2n) is 31.6. The van der Waals surface area contributed by atoms with Gasteiger partial charge in [-0.2, -0.15) is 0 Å². The summed E-state index contributed by atoms with van der Waals surface area (Å²) in [4.78, 5) is 175. The van der Waals surface area contributed by atoms with E-state index in [4.69, 9.17) is 61.5 Å². The molecule has 4 fully saturated rings. The predicted molar refractivity (Wildman–Crippen MR) is 453 cm³/mol. The number of imidazole rings is 2. The maximum Gasteiger partial charge on any atom is 0.292 e. The Kier molecular flexibility index (Phi) is 26.9. The van der Waals surface area contributed by atoms with E-state index in [-0.39, 0.29) is 109 Å². The number of nitro benzene ring substituents is 1. The molecule has 120 heavy (non-hydrogen) atoms. The van der Waals surface area contributed by atoms with Crippen LogP contribution >= 0.6 is 34.8 Å². The molecule has 17 rings (SSSR count). The number of imide groups is 4. The summed E-state index contributed by atoms with van der Waals surface area (Å²) in [5, 5.41) is 12.0. The van der Waals surface area contributed by atoms with E-state index in [1.807, 2.05) is 6.92 Å². The smallest absolute Gasteiger partial charge is 0.292 e. The molecule has 8 aliphatic rings. The number of benzene rings is 4. The highest BCUT2D eigenvalue weighted by molar-refractivity contribution is 6.34. The van der Waals surface area contributed by atoms with Gasteiger partial charge in [-0.25, -0.2) is 19.9 Å². The minimum absolute atomic E-state index is 0.0641. The van der Waals surface area contributed by atoms with Gasteiger partial charge < -0.3 is 61.2 Å². The van der Waals surface area contributed by atoms with E-state index >= 15 is 0 Å². The molecule has 13 heterocycles. The van der Waals surface area contributed by atoms with E-state index < -0.39 is 16.7 Å². The van der Waals surface area contributed by atoms with Gasteiger partial charge in [0.2, 0.25) is 11.8 Å². The number of rotatable bonds is 22. The van der Waals surface area contributed by atoms with Crippen LogP contribution in [0, 0.1) is 33.8 Å². The Labute approximate surface area is 705 Å². The summed E-state index contributed by atoms with van der Waals surface area (Å²) in [6, 6.07) is 16.7. The lowest BCUT2D eigenvalue weighted by molar-refractivity contribution is -0.383. The van der Waals surface area contributed by atoms with Crippen molar-refractivity contribution in [2.75, 3.05) is 136 Å². The van der Waals surface area contributed by atoms with Crippen LogP contribution in [0.3, 0.4) is 0 Å². The second kappa shape index (κ2) is 37.4. The number of aldehydes is 1. The van der Waals surface area contributed by atoms with Gasteiger partial charge in [-0.1, -0.05) is 62.5 Å². The fraction of sp³-hybridized carbons (Fsp3) is 0.405. The molecule has 0 bridgehead atoms. The molecular formula is C84H94Cl3N19O14. The number of ether oxygens (including phenoxy) is 2. The van der Waals surface area contributed by atoms with Crippen LogP contribution in [-0.2, 0) is 0 Å². The number of nitrogens with zero attached hydrogens (tertiary/aromatic N) is 13. The molecule has 0 aliphatic carbocycles. The summed E-state index contributed by atoms with van der Waals surface area (Å²) in [5.74, 6) is -0.388. The SMILES string of the molecule is CC(CN1CCCC1)CN1C(=O)c2cc(N)c(N)cc2C1=O.CC(CN1CCCC1)CN1C(=O)c2cc(N)c([N+](=O)[O-])cc2C1=O.CC(CN1CCCC1)CN1C(=O)c2cc3nc(-c4c(Cl)cc[nH]c4=O)[nH]c3cc2C1=O.COc1nccc(Cl)c1-c1nc2cc3c(cc2[nH]1)C(=O)N(CC(C)CN1CCCC1)C3=O.COc1nccc(Cl)c1C=O. The molecule has 33 nitrogen and oxygen atoms in total. The third-order valence-electron chi connectivity index (χ3n) is 22.3. The number of carbonyl (C=O) groups is 9. The predicted octanol–water partition coefficient (Wildman–Crippen LogP) is 10.8. The third kappa shape index (κ3) is 18.6. The number of fused-ring (bicyclic) bond motifs is 6. The second-order valence-corrected chi connectivity index (χ2v) is 32.8. The topological polar surface area (TPSA) is 435 Å². The van der Waals surface area contributed by atoms with Gasteiger partial charge in [-0.05, 0) is 188 Å². The molecule has 9 N–H and O–H groups in total. The molecule has 36 heteroatoms. The van der Waals surface area contributed by atoms with Crippen LogP contribution in [0.5, 0.6) is 11.8 Å². The van der Waals surface area contributed by atoms with Gasteiger partial charge in [-0.15, -0.1) is 0 Å². The molecule has 5 aromatic heterocycles. The normalized spacial score (nSPS) is 17.5. The number of nitrogens with one attached hydrogen (secondary N) is 3. The molecule has 4 saturated heterocycles. The maximum absolute atomic E-state index is 13.1. The van der Waals surface area contributed by atoms with Crippen molar-refractivity contribution in [1.29, 1.82) is 0 Å². The highest BCUT2D eigenvalue weighted by Gasteiger charge is 2.43. The summed E-state index contributed by atoms with van der Waals surface area (Å²) in [6.07, 6.45) is 14.8. The number of halogens is 3. The molecule has 8 aliphatic heterocycles. The van der Waals surface area contributed by atoms with Gasteiger partial charge >= 0.3 is 0 Å².